The van der Waals surface area contributed by atoms with Gasteiger partial charge < -0.3 is 9.15 Å². The van der Waals surface area contributed by atoms with Gasteiger partial charge in [-0.15, -0.1) is 0 Å². The molecule has 0 bridgehead atoms. The highest BCUT2D eigenvalue weighted by Gasteiger charge is 2.46. The van der Waals surface area contributed by atoms with Gasteiger partial charge in [0.15, 0.2) is 0 Å². The molecule has 1 aliphatic rings. The molecule has 3 nitrogen and oxygen atoms in total. The summed E-state index contributed by atoms with van der Waals surface area (Å²) in [6.45, 7) is 2.29. The van der Waals surface area contributed by atoms with E-state index >= 15 is 0 Å². The van der Waals surface area contributed by atoms with Gasteiger partial charge in [-0.25, -0.2) is 0 Å². The molecule has 1 saturated carbocycles. The minimum atomic E-state index is -0.0808. The van der Waals surface area contributed by atoms with Crippen LogP contribution in [0, 0.1) is 5.92 Å². The van der Waals surface area contributed by atoms with Crippen molar-refractivity contribution in [3.63, 3.8) is 0 Å². The Labute approximate surface area is 99.4 Å². The van der Waals surface area contributed by atoms with Crippen molar-refractivity contribution in [2.45, 2.75) is 19.3 Å². The van der Waals surface area contributed by atoms with Crippen molar-refractivity contribution in [3.05, 3.63) is 36.1 Å². The molecule has 1 aliphatic carbocycles. The van der Waals surface area contributed by atoms with Crippen molar-refractivity contribution in [3.8, 4) is 0 Å². The SMILES string of the molecule is CCOC(=O)C1CC1c1coc2ccccc12. The smallest absolute Gasteiger partial charge is 0.309 e. The normalized spacial score (nSPS) is 22.6. The monoisotopic (exact) mass is 230 g/mol. The van der Waals surface area contributed by atoms with E-state index < -0.39 is 0 Å². The molecule has 1 aromatic carbocycles. The highest BCUT2D eigenvalue weighted by atomic mass is 16.5. The van der Waals surface area contributed by atoms with E-state index in [9.17, 15) is 4.79 Å². The maximum Gasteiger partial charge on any atom is 0.309 e. The molecule has 3 heteroatoms. The summed E-state index contributed by atoms with van der Waals surface area (Å²) < 4.78 is 10.5. The fourth-order valence-corrected chi connectivity index (χ4v) is 2.33. The van der Waals surface area contributed by atoms with E-state index in [1.54, 1.807) is 6.26 Å². The molecule has 2 atom stereocenters. The van der Waals surface area contributed by atoms with Crippen LogP contribution in [0.4, 0.5) is 0 Å². The van der Waals surface area contributed by atoms with Crippen molar-refractivity contribution < 1.29 is 13.9 Å². The van der Waals surface area contributed by atoms with Gasteiger partial charge in [-0.05, 0) is 19.4 Å². The summed E-state index contributed by atoms with van der Waals surface area (Å²) >= 11 is 0. The lowest BCUT2D eigenvalue weighted by atomic mass is 10.1. The van der Waals surface area contributed by atoms with Crippen LogP contribution in [0.25, 0.3) is 11.0 Å². The molecule has 1 heterocycles. The van der Waals surface area contributed by atoms with Gasteiger partial charge in [0, 0.05) is 16.9 Å². The summed E-state index contributed by atoms with van der Waals surface area (Å²) in [4.78, 5) is 11.6. The van der Waals surface area contributed by atoms with Gasteiger partial charge in [-0.3, -0.25) is 4.79 Å². The summed E-state index contributed by atoms with van der Waals surface area (Å²) in [5, 5.41) is 1.12. The second-order valence-corrected chi connectivity index (χ2v) is 4.39. The Balaban J connectivity index is 1.85. The first-order valence-corrected chi connectivity index (χ1v) is 5.94. The predicted octanol–water partition coefficient (Wildman–Crippen LogP) is 3.10. The summed E-state index contributed by atoms with van der Waals surface area (Å²) in [7, 11) is 0. The molecule has 88 valence electrons. The predicted molar refractivity (Wildman–Crippen MR) is 63.7 cm³/mol. The molecule has 1 fully saturated rings. The van der Waals surface area contributed by atoms with E-state index in [1.807, 2.05) is 31.2 Å². The molecule has 0 spiro atoms. The molecule has 2 unspecified atom stereocenters. The molecule has 0 amide bonds. The summed E-state index contributed by atoms with van der Waals surface area (Å²) in [6, 6.07) is 7.92. The Morgan fingerprint density at radius 1 is 1.47 bits per heavy atom. The fraction of sp³-hybridized carbons (Fsp3) is 0.357. The van der Waals surface area contributed by atoms with E-state index in [1.165, 1.54) is 0 Å². The van der Waals surface area contributed by atoms with Gasteiger partial charge in [0.2, 0.25) is 0 Å². The van der Waals surface area contributed by atoms with Gasteiger partial charge in [0.25, 0.3) is 0 Å². The number of carbonyl (C=O) groups is 1. The number of fused-ring (bicyclic) bond motifs is 1. The Morgan fingerprint density at radius 2 is 2.29 bits per heavy atom. The minimum absolute atomic E-state index is 0.0240. The quantitative estimate of drug-likeness (QED) is 0.760. The van der Waals surface area contributed by atoms with Crippen LogP contribution in [0.3, 0.4) is 0 Å². The van der Waals surface area contributed by atoms with E-state index in [-0.39, 0.29) is 17.8 Å². The van der Waals surface area contributed by atoms with E-state index in [0.717, 1.165) is 23.0 Å². The standard InChI is InChI=1S/C14H14O3/c1-2-16-14(15)11-7-10(11)12-8-17-13-6-4-3-5-9(12)13/h3-6,8,10-11H,2,7H2,1H3. The molecule has 0 N–H and O–H groups in total. The van der Waals surface area contributed by atoms with Crippen LogP contribution in [-0.2, 0) is 9.53 Å². The zero-order chi connectivity index (χ0) is 11.8. The molecule has 17 heavy (non-hydrogen) atoms. The number of furan rings is 1. The van der Waals surface area contributed by atoms with Crippen LogP contribution in [0.1, 0.15) is 24.8 Å². The minimum Gasteiger partial charge on any atom is -0.466 e. The highest BCUT2D eigenvalue weighted by molar-refractivity contribution is 5.85. The van der Waals surface area contributed by atoms with Gasteiger partial charge in [-0.2, -0.15) is 0 Å². The highest BCUT2D eigenvalue weighted by Crippen LogP contribution is 2.50. The van der Waals surface area contributed by atoms with Crippen LogP contribution in [-0.4, -0.2) is 12.6 Å². The first-order chi connectivity index (χ1) is 8.31. The largest absolute Gasteiger partial charge is 0.466 e. The van der Waals surface area contributed by atoms with Crippen molar-refractivity contribution >= 4 is 16.9 Å². The van der Waals surface area contributed by atoms with Crippen molar-refractivity contribution in [1.82, 2.24) is 0 Å². The van der Waals surface area contributed by atoms with E-state index in [2.05, 4.69) is 0 Å². The van der Waals surface area contributed by atoms with Crippen LogP contribution >= 0.6 is 0 Å². The average molecular weight is 230 g/mol. The molecular weight excluding hydrogens is 216 g/mol. The van der Waals surface area contributed by atoms with E-state index in [0.29, 0.717) is 6.61 Å². The van der Waals surface area contributed by atoms with Crippen molar-refractivity contribution in [1.29, 1.82) is 0 Å². The van der Waals surface area contributed by atoms with Gasteiger partial charge >= 0.3 is 5.97 Å². The van der Waals surface area contributed by atoms with Crippen molar-refractivity contribution in [2.24, 2.45) is 5.92 Å². The average Bonchev–Trinajstić information content (AvgIpc) is 3.02. The molecule has 2 aromatic rings. The number of benzene rings is 1. The molecule has 0 saturated heterocycles. The van der Waals surface area contributed by atoms with Gasteiger partial charge in [0.05, 0.1) is 18.8 Å². The number of para-hydroxylation sites is 1. The molecule has 3 rings (SSSR count). The molecule has 1 aromatic heterocycles. The maximum atomic E-state index is 11.6. The van der Waals surface area contributed by atoms with Crippen LogP contribution < -0.4 is 0 Å². The third kappa shape index (κ3) is 1.71. The van der Waals surface area contributed by atoms with Crippen LogP contribution in [0.5, 0.6) is 0 Å². The fourth-order valence-electron chi connectivity index (χ4n) is 2.33. The Kier molecular flexibility index (Phi) is 2.39. The maximum absolute atomic E-state index is 11.6. The molecule has 0 radical (unpaired) electrons. The Hall–Kier alpha value is -1.77. The van der Waals surface area contributed by atoms with Crippen molar-refractivity contribution in [2.75, 3.05) is 6.61 Å². The summed E-state index contributed by atoms with van der Waals surface area (Å²) in [5.74, 6) is 0.219. The Morgan fingerprint density at radius 3 is 3.12 bits per heavy atom. The lowest BCUT2D eigenvalue weighted by Crippen LogP contribution is -2.07. The molecular formula is C14H14O3. The van der Waals surface area contributed by atoms with Gasteiger partial charge in [0.1, 0.15) is 5.58 Å². The number of carbonyl (C=O) groups excluding carboxylic acids is 1. The van der Waals surface area contributed by atoms with Crippen LogP contribution in [0.15, 0.2) is 34.9 Å². The number of esters is 1. The first-order valence-electron chi connectivity index (χ1n) is 5.94. The third-order valence-corrected chi connectivity index (χ3v) is 3.29. The molecule has 0 aliphatic heterocycles. The summed E-state index contributed by atoms with van der Waals surface area (Å²) in [6.07, 6.45) is 2.65. The lowest BCUT2D eigenvalue weighted by Gasteiger charge is -1.99. The second-order valence-electron chi connectivity index (χ2n) is 4.39. The van der Waals surface area contributed by atoms with Crippen LogP contribution in [0.2, 0.25) is 0 Å². The zero-order valence-electron chi connectivity index (χ0n) is 9.68. The second kappa shape index (κ2) is 3.91. The third-order valence-electron chi connectivity index (χ3n) is 3.29. The number of hydrogen-bond acceptors (Lipinski definition) is 3. The zero-order valence-corrected chi connectivity index (χ0v) is 9.68. The summed E-state index contributed by atoms with van der Waals surface area (Å²) in [5.41, 5.74) is 2.02. The number of hydrogen-bond donors (Lipinski definition) is 0. The lowest BCUT2D eigenvalue weighted by molar-refractivity contribution is -0.144. The number of ether oxygens (including phenoxy) is 1. The topological polar surface area (TPSA) is 39.4 Å². The van der Waals surface area contributed by atoms with Gasteiger partial charge in [-0.1, -0.05) is 18.2 Å². The van der Waals surface area contributed by atoms with E-state index in [4.69, 9.17) is 9.15 Å². The first kappa shape index (κ1) is 10.4. The Bertz CT molecular complexity index is 555. The number of rotatable bonds is 3.